The lowest BCUT2D eigenvalue weighted by Gasteiger charge is -2.41. The van der Waals surface area contributed by atoms with Crippen LogP contribution in [0.15, 0.2) is 28.7 Å². The molecule has 2 saturated carbocycles. The van der Waals surface area contributed by atoms with Gasteiger partial charge in [-0.3, -0.25) is 9.80 Å². The summed E-state index contributed by atoms with van der Waals surface area (Å²) in [4.78, 5) is 5.43. The average Bonchev–Trinajstić information content (AvgIpc) is 3.13. The number of piperazine rings is 1. The number of halogens is 1. The number of benzene rings is 1. The van der Waals surface area contributed by atoms with Crippen LogP contribution in [-0.4, -0.2) is 42.0 Å². The Morgan fingerprint density at radius 1 is 0.952 bits per heavy atom. The number of hydrogen-bond donors (Lipinski definition) is 0. The van der Waals surface area contributed by atoms with Crippen LogP contribution in [0.3, 0.4) is 0 Å². The molecule has 3 aliphatic rings. The van der Waals surface area contributed by atoms with Crippen molar-refractivity contribution in [2.75, 3.05) is 26.2 Å². The summed E-state index contributed by atoms with van der Waals surface area (Å²) in [5.74, 6) is 2.11. The van der Waals surface area contributed by atoms with Crippen molar-refractivity contribution in [3.63, 3.8) is 0 Å². The minimum absolute atomic E-state index is 0.929. The number of hydrogen-bond acceptors (Lipinski definition) is 2. The highest BCUT2D eigenvalue weighted by Gasteiger charge is 2.42. The Kier molecular flexibility index (Phi) is 4.08. The molecular formula is C18H25BrN2. The number of rotatable bonds is 3. The van der Waals surface area contributed by atoms with Crippen molar-refractivity contribution >= 4 is 15.9 Å². The van der Waals surface area contributed by atoms with E-state index in [1.807, 2.05) is 0 Å². The molecule has 114 valence electrons. The molecule has 0 radical (unpaired) electrons. The quantitative estimate of drug-likeness (QED) is 0.820. The van der Waals surface area contributed by atoms with Crippen molar-refractivity contribution in [1.29, 1.82) is 0 Å². The van der Waals surface area contributed by atoms with Gasteiger partial charge in [-0.1, -0.05) is 34.5 Å². The second-order valence-electron chi connectivity index (χ2n) is 7.18. The fourth-order valence-corrected chi connectivity index (χ4v) is 5.02. The van der Waals surface area contributed by atoms with E-state index < -0.39 is 0 Å². The molecule has 2 aliphatic carbocycles. The standard InChI is InChI=1S/C18H25BrN2/c19-17-5-2-14(3-6-17)13-20-7-9-21(10-8-20)18-12-15-1-4-16(18)11-15/h2-3,5-6,15-16,18H,1,4,7-13H2/t15-,16+,18+/m0/s1. The van der Waals surface area contributed by atoms with Gasteiger partial charge >= 0.3 is 0 Å². The van der Waals surface area contributed by atoms with Gasteiger partial charge in [0.15, 0.2) is 0 Å². The summed E-state index contributed by atoms with van der Waals surface area (Å²) in [5, 5.41) is 0. The zero-order valence-electron chi connectivity index (χ0n) is 12.7. The maximum atomic E-state index is 3.51. The van der Waals surface area contributed by atoms with Gasteiger partial charge < -0.3 is 0 Å². The first-order valence-electron chi connectivity index (χ1n) is 8.49. The molecule has 3 fully saturated rings. The van der Waals surface area contributed by atoms with Gasteiger partial charge in [-0.2, -0.15) is 0 Å². The van der Waals surface area contributed by atoms with E-state index in [1.165, 1.54) is 61.9 Å². The fraction of sp³-hybridized carbons (Fsp3) is 0.667. The van der Waals surface area contributed by atoms with E-state index in [0.29, 0.717) is 0 Å². The summed E-state index contributed by atoms with van der Waals surface area (Å²) in [6.45, 7) is 6.15. The molecule has 3 heteroatoms. The Morgan fingerprint density at radius 2 is 1.71 bits per heavy atom. The molecule has 2 nitrogen and oxygen atoms in total. The first-order chi connectivity index (χ1) is 10.3. The molecule has 2 bridgehead atoms. The molecule has 3 atom stereocenters. The van der Waals surface area contributed by atoms with Crippen LogP contribution in [0, 0.1) is 11.8 Å². The topological polar surface area (TPSA) is 6.48 Å². The molecule has 0 amide bonds. The molecule has 0 unspecified atom stereocenters. The normalized spacial score (nSPS) is 33.7. The second kappa shape index (κ2) is 6.02. The number of nitrogens with zero attached hydrogens (tertiary/aromatic N) is 2. The predicted molar refractivity (Wildman–Crippen MR) is 90.2 cm³/mol. The molecule has 21 heavy (non-hydrogen) atoms. The predicted octanol–water partition coefficient (Wildman–Crippen LogP) is 3.76. The van der Waals surface area contributed by atoms with Gasteiger partial charge in [0.1, 0.15) is 0 Å². The van der Waals surface area contributed by atoms with Crippen molar-refractivity contribution < 1.29 is 0 Å². The van der Waals surface area contributed by atoms with Crippen molar-refractivity contribution in [3.8, 4) is 0 Å². The zero-order valence-corrected chi connectivity index (χ0v) is 14.3. The smallest absolute Gasteiger partial charge is 0.0234 e. The molecule has 4 rings (SSSR count). The van der Waals surface area contributed by atoms with E-state index in [-0.39, 0.29) is 0 Å². The van der Waals surface area contributed by atoms with Crippen LogP contribution in [0.5, 0.6) is 0 Å². The van der Waals surface area contributed by atoms with Crippen LogP contribution in [0.25, 0.3) is 0 Å². The Balaban J connectivity index is 1.29. The zero-order chi connectivity index (χ0) is 14.2. The third-order valence-corrected chi connectivity index (χ3v) is 6.42. The molecule has 0 spiro atoms. The van der Waals surface area contributed by atoms with Gasteiger partial charge in [0.25, 0.3) is 0 Å². The summed E-state index contributed by atoms with van der Waals surface area (Å²) in [5.41, 5.74) is 1.44. The SMILES string of the molecule is Brc1ccc(CN2CCN([C@@H]3C[C@H]4CC[C@@H]3C4)CC2)cc1. The van der Waals surface area contributed by atoms with Crippen molar-refractivity contribution in [1.82, 2.24) is 9.80 Å². The van der Waals surface area contributed by atoms with Gasteiger partial charge in [-0.25, -0.2) is 0 Å². The van der Waals surface area contributed by atoms with Crippen LogP contribution in [-0.2, 0) is 6.54 Å². The van der Waals surface area contributed by atoms with E-state index in [9.17, 15) is 0 Å². The maximum absolute atomic E-state index is 3.51. The largest absolute Gasteiger partial charge is 0.298 e. The summed E-state index contributed by atoms with van der Waals surface area (Å²) in [6, 6.07) is 9.72. The van der Waals surface area contributed by atoms with E-state index in [4.69, 9.17) is 0 Å². The van der Waals surface area contributed by atoms with Crippen LogP contribution in [0.2, 0.25) is 0 Å². The van der Waals surface area contributed by atoms with Gasteiger partial charge in [0, 0.05) is 43.2 Å². The van der Waals surface area contributed by atoms with Crippen LogP contribution in [0.1, 0.15) is 31.2 Å². The van der Waals surface area contributed by atoms with Crippen molar-refractivity contribution in [2.24, 2.45) is 11.8 Å². The lowest BCUT2D eigenvalue weighted by molar-refractivity contribution is 0.0679. The summed E-state index contributed by atoms with van der Waals surface area (Å²) < 4.78 is 1.17. The Labute approximate surface area is 136 Å². The molecule has 1 aromatic rings. The van der Waals surface area contributed by atoms with Gasteiger partial charge in [-0.05, 0) is 48.8 Å². The minimum atomic E-state index is 0.929. The van der Waals surface area contributed by atoms with Crippen molar-refractivity contribution in [2.45, 2.75) is 38.3 Å². The van der Waals surface area contributed by atoms with Crippen molar-refractivity contribution in [3.05, 3.63) is 34.3 Å². The van der Waals surface area contributed by atoms with Crippen LogP contribution >= 0.6 is 15.9 Å². The average molecular weight is 349 g/mol. The highest BCUT2D eigenvalue weighted by atomic mass is 79.9. The molecular weight excluding hydrogens is 324 g/mol. The first-order valence-corrected chi connectivity index (χ1v) is 9.28. The third-order valence-electron chi connectivity index (χ3n) is 5.90. The molecule has 1 saturated heterocycles. The van der Waals surface area contributed by atoms with Crippen LogP contribution in [0.4, 0.5) is 0 Å². The summed E-state index contributed by atoms with van der Waals surface area (Å²) >= 11 is 3.51. The lowest BCUT2D eigenvalue weighted by Crippen LogP contribution is -2.51. The van der Waals surface area contributed by atoms with Gasteiger partial charge in [-0.15, -0.1) is 0 Å². The minimum Gasteiger partial charge on any atom is -0.298 e. The molecule has 1 aliphatic heterocycles. The molecule has 1 heterocycles. The molecule has 0 N–H and O–H groups in total. The highest BCUT2D eigenvalue weighted by Crippen LogP contribution is 2.46. The lowest BCUT2D eigenvalue weighted by atomic mass is 9.93. The highest BCUT2D eigenvalue weighted by molar-refractivity contribution is 9.10. The molecule has 1 aromatic carbocycles. The fourth-order valence-electron chi connectivity index (χ4n) is 4.76. The van der Waals surface area contributed by atoms with Crippen LogP contribution < -0.4 is 0 Å². The maximum Gasteiger partial charge on any atom is 0.0234 e. The van der Waals surface area contributed by atoms with Gasteiger partial charge in [0.2, 0.25) is 0 Å². The summed E-state index contributed by atoms with van der Waals surface area (Å²) in [7, 11) is 0. The van der Waals surface area contributed by atoms with E-state index in [1.54, 1.807) is 0 Å². The monoisotopic (exact) mass is 348 g/mol. The van der Waals surface area contributed by atoms with E-state index in [2.05, 4.69) is 50.0 Å². The Morgan fingerprint density at radius 3 is 2.33 bits per heavy atom. The second-order valence-corrected chi connectivity index (χ2v) is 8.10. The first kappa shape index (κ1) is 14.2. The third kappa shape index (κ3) is 3.06. The van der Waals surface area contributed by atoms with E-state index in [0.717, 1.165) is 24.4 Å². The summed E-state index contributed by atoms with van der Waals surface area (Å²) in [6.07, 6.45) is 6.06. The van der Waals surface area contributed by atoms with Gasteiger partial charge in [0.05, 0.1) is 0 Å². The Bertz CT molecular complexity index is 478. The molecule has 0 aromatic heterocycles. The number of fused-ring (bicyclic) bond motifs is 2. The van der Waals surface area contributed by atoms with E-state index >= 15 is 0 Å². The Hall–Kier alpha value is -0.380.